The Bertz CT molecular complexity index is 336. The van der Waals surface area contributed by atoms with Gasteiger partial charge in [-0.1, -0.05) is 6.92 Å². The molecule has 1 aliphatic carbocycles. The lowest BCUT2D eigenvalue weighted by atomic mass is 10.1. The van der Waals surface area contributed by atoms with Crippen LogP contribution in [0.2, 0.25) is 0 Å². The molecule has 2 rings (SSSR count). The molecule has 2 unspecified atom stereocenters. The molecule has 4 heteroatoms. The van der Waals surface area contributed by atoms with E-state index in [0.717, 1.165) is 22.9 Å². The topological polar surface area (TPSA) is 38.0 Å². The average molecular weight is 303 g/mol. The van der Waals surface area contributed by atoms with E-state index in [1.165, 1.54) is 17.7 Å². The number of hydrogen-bond donors (Lipinski definition) is 2. The average Bonchev–Trinajstić information content (AvgIpc) is 3.03. The lowest BCUT2D eigenvalue weighted by Gasteiger charge is -2.18. The Balaban J connectivity index is 1.85. The summed E-state index contributed by atoms with van der Waals surface area (Å²) in [5, 5.41) is 5.70. The molecule has 0 spiro atoms. The highest BCUT2D eigenvalue weighted by Crippen LogP contribution is 2.36. The molecule has 1 fully saturated rings. The van der Waals surface area contributed by atoms with Crippen LogP contribution in [0.15, 0.2) is 15.9 Å². The van der Waals surface area contributed by atoms with Gasteiger partial charge in [0, 0.05) is 21.3 Å². The molecule has 16 heavy (non-hydrogen) atoms. The summed E-state index contributed by atoms with van der Waals surface area (Å²) in [5.74, 6) is 1.75. The maximum atomic E-state index is 5.82. The quantitative estimate of drug-likeness (QED) is 0.847. The first-order valence-electron chi connectivity index (χ1n) is 5.88. The molecule has 1 aromatic heterocycles. The van der Waals surface area contributed by atoms with E-state index in [2.05, 4.69) is 39.6 Å². The van der Waals surface area contributed by atoms with Gasteiger partial charge in [0.05, 0.1) is 6.04 Å². The van der Waals surface area contributed by atoms with E-state index in [1.54, 1.807) is 11.3 Å². The SMILES string of the molecule is CC(CNC(CN)c1cc(Br)cs1)C1CC1. The molecule has 2 atom stereocenters. The molecule has 1 heterocycles. The molecule has 90 valence electrons. The minimum atomic E-state index is 0.317. The number of rotatable bonds is 6. The van der Waals surface area contributed by atoms with Crippen LogP contribution in [0, 0.1) is 11.8 Å². The smallest absolute Gasteiger partial charge is 0.0539 e. The highest BCUT2D eigenvalue weighted by molar-refractivity contribution is 9.10. The fourth-order valence-electron chi connectivity index (χ4n) is 1.97. The highest BCUT2D eigenvalue weighted by Gasteiger charge is 2.28. The molecule has 0 radical (unpaired) electrons. The lowest BCUT2D eigenvalue weighted by molar-refractivity contribution is 0.425. The van der Waals surface area contributed by atoms with Crippen molar-refractivity contribution in [1.82, 2.24) is 5.32 Å². The van der Waals surface area contributed by atoms with E-state index in [-0.39, 0.29) is 0 Å². The van der Waals surface area contributed by atoms with Crippen molar-refractivity contribution < 1.29 is 0 Å². The van der Waals surface area contributed by atoms with Crippen molar-refractivity contribution in [2.24, 2.45) is 17.6 Å². The van der Waals surface area contributed by atoms with Gasteiger partial charge in [-0.2, -0.15) is 0 Å². The number of halogens is 1. The largest absolute Gasteiger partial charge is 0.329 e. The van der Waals surface area contributed by atoms with Crippen molar-refractivity contribution in [3.63, 3.8) is 0 Å². The second kappa shape index (κ2) is 5.63. The molecule has 2 nitrogen and oxygen atoms in total. The normalized spacial score (nSPS) is 19.7. The van der Waals surface area contributed by atoms with Crippen molar-refractivity contribution in [2.45, 2.75) is 25.8 Å². The fraction of sp³-hybridized carbons (Fsp3) is 0.667. The van der Waals surface area contributed by atoms with Crippen molar-refractivity contribution in [3.8, 4) is 0 Å². The Morgan fingerprint density at radius 2 is 2.38 bits per heavy atom. The molecule has 1 aromatic rings. The third-order valence-corrected chi connectivity index (χ3v) is 5.09. The van der Waals surface area contributed by atoms with Gasteiger partial charge in [0.2, 0.25) is 0 Å². The number of thiophene rings is 1. The van der Waals surface area contributed by atoms with E-state index in [4.69, 9.17) is 5.73 Å². The van der Waals surface area contributed by atoms with Gasteiger partial charge in [-0.15, -0.1) is 11.3 Å². The van der Waals surface area contributed by atoms with E-state index in [1.807, 2.05) is 0 Å². The fourth-order valence-corrected chi connectivity index (χ4v) is 3.51. The molecule has 0 aliphatic heterocycles. The van der Waals surface area contributed by atoms with Gasteiger partial charge in [0.1, 0.15) is 0 Å². The first-order valence-corrected chi connectivity index (χ1v) is 7.55. The minimum absolute atomic E-state index is 0.317. The van der Waals surface area contributed by atoms with Crippen LogP contribution in [0.5, 0.6) is 0 Å². The van der Waals surface area contributed by atoms with Crippen LogP contribution in [0.4, 0.5) is 0 Å². The van der Waals surface area contributed by atoms with Crippen molar-refractivity contribution in [3.05, 3.63) is 20.8 Å². The van der Waals surface area contributed by atoms with Crippen molar-refractivity contribution >= 4 is 27.3 Å². The molecule has 0 saturated heterocycles. The predicted octanol–water partition coefficient (Wildman–Crippen LogP) is 3.15. The second-order valence-corrected chi connectivity index (χ2v) is 6.54. The van der Waals surface area contributed by atoms with Crippen LogP contribution >= 0.6 is 27.3 Å². The van der Waals surface area contributed by atoms with Gasteiger partial charge in [-0.3, -0.25) is 0 Å². The third-order valence-electron chi connectivity index (χ3n) is 3.28. The summed E-state index contributed by atoms with van der Waals surface area (Å²) in [6, 6.07) is 2.48. The Hall–Kier alpha value is 0.1000. The Kier molecular flexibility index (Phi) is 4.41. The summed E-state index contributed by atoms with van der Waals surface area (Å²) in [5.41, 5.74) is 5.82. The van der Waals surface area contributed by atoms with E-state index in [0.29, 0.717) is 12.6 Å². The molecule has 1 saturated carbocycles. The number of hydrogen-bond acceptors (Lipinski definition) is 3. The number of nitrogens with one attached hydrogen (secondary N) is 1. The van der Waals surface area contributed by atoms with Gasteiger partial charge >= 0.3 is 0 Å². The van der Waals surface area contributed by atoms with Crippen LogP contribution in [0.3, 0.4) is 0 Å². The zero-order chi connectivity index (χ0) is 11.5. The maximum absolute atomic E-state index is 5.82. The van der Waals surface area contributed by atoms with Crippen LogP contribution in [0.1, 0.15) is 30.7 Å². The Morgan fingerprint density at radius 3 is 2.88 bits per heavy atom. The molecule has 0 aromatic carbocycles. The second-order valence-electron chi connectivity index (χ2n) is 4.68. The van der Waals surface area contributed by atoms with Crippen molar-refractivity contribution in [2.75, 3.05) is 13.1 Å². The summed E-state index contributed by atoms with van der Waals surface area (Å²) in [4.78, 5) is 1.33. The Morgan fingerprint density at radius 1 is 1.62 bits per heavy atom. The molecule has 1 aliphatic rings. The standard InChI is InChI=1S/C12H19BrN2S/c1-8(9-2-3-9)6-15-11(5-14)12-4-10(13)7-16-12/h4,7-9,11,15H,2-3,5-6,14H2,1H3. The van der Waals surface area contributed by atoms with E-state index >= 15 is 0 Å². The molecule has 0 bridgehead atoms. The summed E-state index contributed by atoms with van der Waals surface area (Å²) < 4.78 is 1.16. The third kappa shape index (κ3) is 3.29. The first-order chi connectivity index (χ1) is 7.70. The minimum Gasteiger partial charge on any atom is -0.329 e. The van der Waals surface area contributed by atoms with Crippen LogP contribution in [-0.2, 0) is 0 Å². The summed E-state index contributed by atoms with van der Waals surface area (Å²) in [6.07, 6.45) is 2.83. The monoisotopic (exact) mass is 302 g/mol. The summed E-state index contributed by atoms with van der Waals surface area (Å²) in [7, 11) is 0. The van der Waals surface area contributed by atoms with Gasteiger partial charge in [0.15, 0.2) is 0 Å². The van der Waals surface area contributed by atoms with Gasteiger partial charge in [0.25, 0.3) is 0 Å². The van der Waals surface area contributed by atoms with Crippen LogP contribution in [0.25, 0.3) is 0 Å². The zero-order valence-electron chi connectivity index (χ0n) is 9.58. The maximum Gasteiger partial charge on any atom is 0.0539 e. The first kappa shape index (κ1) is 12.6. The molecular weight excluding hydrogens is 284 g/mol. The zero-order valence-corrected chi connectivity index (χ0v) is 12.0. The van der Waals surface area contributed by atoms with Crippen molar-refractivity contribution in [1.29, 1.82) is 0 Å². The van der Waals surface area contributed by atoms with Gasteiger partial charge < -0.3 is 11.1 Å². The van der Waals surface area contributed by atoms with Crippen LogP contribution < -0.4 is 11.1 Å². The molecule has 3 N–H and O–H groups in total. The predicted molar refractivity (Wildman–Crippen MR) is 73.7 cm³/mol. The highest BCUT2D eigenvalue weighted by atomic mass is 79.9. The molecule has 0 amide bonds. The van der Waals surface area contributed by atoms with Gasteiger partial charge in [-0.25, -0.2) is 0 Å². The Labute approximate surface area is 110 Å². The molecular formula is C12H19BrN2S. The summed E-state index contributed by atoms with van der Waals surface area (Å²) >= 11 is 5.25. The van der Waals surface area contributed by atoms with E-state index in [9.17, 15) is 0 Å². The number of nitrogens with two attached hydrogens (primary N) is 1. The van der Waals surface area contributed by atoms with E-state index < -0.39 is 0 Å². The summed E-state index contributed by atoms with van der Waals surface area (Å²) in [6.45, 7) is 4.09. The van der Waals surface area contributed by atoms with Gasteiger partial charge in [-0.05, 0) is 53.2 Å². The lowest BCUT2D eigenvalue weighted by Crippen LogP contribution is -2.31. The van der Waals surface area contributed by atoms with Crippen LogP contribution in [-0.4, -0.2) is 13.1 Å².